The summed E-state index contributed by atoms with van der Waals surface area (Å²) in [5.74, 6) is 0. The summed E-state index contributed by atoms with van der Waals surface area (Å²) >= 11 is 0. The van der Waals surface area contributed by atoms with Crippen LogP contribution in [0.1, 0.15) is 27.2 Å². The summed E-state index contributed by atoms with van der Waals surface area (Å²) in [7, 11) is 0. The summed E-state index contributed by atoms with van der Waals surface area (Å²) in [6.45, 7) is 13.0. The largest absolute Gasteiger partial charge is 0.444 e. The molecule has 0 aromatic carbocycles. The van der Waals surface area contributed by atoms with E-state index < -0.39 is 11.7 Å². The Morgan fingerprint density at radius 1 is 1.43 bits per heavy atom. The molecule has 0 unspecified atom stereocenters. The fourth-order valence-corrected chi connectivity index (χ4v) is 0.728. The number of ether oxygens (including phenoxy) is 1. The van der Waals surface area contributed by atoms with E-state index in [-0.39, 0.29) is 0 Å². The first-order chi connectivity index (χ1) is 6.45. The highest BCUT2D eigenvalue weighted by molar-refractivity contribution is 5.67. The molecule has 5 heteroatoms. The van der Waals surface area contributed by atoms with Crippen LogP contribution in [0.5, 0.6) is 0 Å². The molecule has 0 spiro atoms. The first-order valence-electron chi connectivity index (χ1n) is 4.52. The van der Waals surface area contributed by atoms with Crippen LogP contribution in [0.4, 0.5) is 4.79 Å². The molecule has 0 aliphatic heterocycles. The molecule has 0 saturated heterocycles. The average molecular weight is 199 g/mol. The van der Waals surface area contributed by atoms with Crippen LogP contribution in [-0.4, -0.2) is 24.8 Å². The van der Waals surface area contributed by atoms with Gasteiger partial charge in [0.2, 0.25) is 0 Å². The number of nitrogens with zero attached hydrogens (tertiary/aromatic N) is 1. The smallest absolute Gasteiger partial charge is 0.407 e. The maximum atomic E-state index is 11.1. The Morgan fingerprint density at radius 3 is 2.57 bits per heavy atom. The van der Waals surface area contributed by atoms with E-state index in [0.29, 0.717) is 19.5 Å². The summed E-state index contributed by atoms with van der Waals surface area (Å²) < 4.78 is 5.01. The van der Waals surface area contributed by atoms with Crippen molar-refractivity contribution in [3.05, 3.63) is 11.5 Å². The van der Waals surface area contributed by atoms with Crippen LogP contribution in [0.3, 0.4) is 0 Å². The molecule has 0 aliphatic carbocycles. The second-order valence-corrected chi connectivity index (χ2v) is 3.80. The zero-order valence-electron chi connectivity index (χ0n) is 8.89. The molecule has 0 heterocycles. The van der Waals surface area contributed by atoms with E-state index in [4.69, 9.17) is 11.3 Å². The second kappa shape index (κ2) is 6.08. The number of hydrogen-bond donors (Lipinski definition) is 2. The van der Waals surface area contributed by atoms with E-state index in [1.165, 1.54) is 0 Å². The molecule has 0 atom stereocenters. The van der Waals surface area contributed by atoms with Gasteiger partial charge in [-0.05, 0) is 27.2 Å². The van der Waals surface area contributed by atoms with Crippen molar-refractivity contribution < 1.29 is 9.53 Å². The molecule has 1 amide bonds. The van der Waals surface area contributed by atoms with Crippen molar-refractivity contribution >= 4 is 6.09 Å². The van der Waals surface area contributed by atoms with Crippen molar-refractivity contribution in [1.29, 1.82) is 0 Å². The predicted octanol–water partition coefficient (Wildman–Crippen LogP) is 1.33. The number of hydrogen-bond acceptors (Lipinski definition) is 3. The molecule has 0 radical (unpaired) electrons. The van der Waals surface area contributed by atoms with E-state index in [0.717, 1.165) is 0 Å². The quantitative estimate of drug-likeness (QED) is 0.408. The minimum absolute atomic E-state index is 0.416. The van der Waals surface area contributed by atoms with Gasteiger partial charge < -0.3 is 10.1 Å². The Labute approximate surface area is 84.6 Å². The molecule has 0 aliphatic rings. The molecule has 0 bridgehead atoms. The van der Waals surface area contributed by atoms with Crippen LogP contribution in [-0.2, 0) is 4.74 Å². The molecule has 0 aromatic heterocycles. The minimum Gasteiger partial charge on any atom is -0.444 e. The van der Waals surface area contributed by atoms with Gasteiger partial charge in [-0.15, -0.1) is 5.43 Å². The lowest BCUT2D eigenvalue weighted by molar-refractivity contribution is 0.0527. The molecule has 80 valence electrons. The zero-order valence-corrected chi connectivity index (χ0v) is 8.89. The summed E-state index contributed by atoms with van der Waals surface area (Å²) in [6.07, 6.45) is 0.294. The number of alkyl carbamates (subject to hydrolysis) is 1. The Morgan fingerprint density at radius 2 is 2.07 bits per heavy atom. The fourth-order valence-electron chi connectivity index (χ4n) is 0.728. The first-order valence-corrected chi connectivity index (χ1v) is 4.52. The van der Waals surface area contributed by atoms with Crippen LogP contribution in [0, 0.1) is 6.57 Å². The topological polar surface area (TPSA) is 54.7 Å². The number of rotatable bonds is 4. The molecule has 14 heavy (non-hydrogen) atoms. The number of amides is 1. The van der Waals surface area contributed by atoms with Gasteiger partial charge in [-0.3, -0.25) is 0 Å². The average Bonchev–Trinajstić information content (AvgIpc) is 2.00. The van der Waals surface area contributed by atoms with E-state index in [1.807, 2.05) is 20.8 Å². The Hall–Kier alpha value is -1.44. The van der Waals surface area contributed by atoms with Gasteiger partial charge in [-0.25, -0.2) is 4.79 Å². The van der Waals surface area contributed by atoms with E-state index >= 15 is 0 Å². The highest BCUT2D eigenvalue weighted by Crippen LogP contribution is 2.06. The monoisotopic (exact) mass is 199 g/mol. The molecule has 0 saturated carbocycles. The maximum Gasteiger partial charge on any atom is 0.407 e. The summed E-state index contributed by atoms with van der Waals surface area (Å²) in [6, 6.07) is 0. The summed E-state index contributed by atoms with van der Waals surface area (Å²) in [5, 5.41) is 2.59. The van der Waals surface area contributed by atoms with E-state index in [2.05, 4.69) is 15.7 Å². The maximum absolute atomic E-state index is 11.1. The normalized spacial score (nSPS) is 10.1. The van der Waals surface area contributed by atoms with Gasteiger partial charge in [0.1, 0.15) is 5.60 Å². The van der Waals surface area contributed by atoms with Crippen molar-refractivity contribution in [2.45, 2.75) is 32.8 Å². The number of nitrogens with one attached hydrogen (secondary N) is 2. The Balaban J connectivity index is 3.42. The highest BCUT2D eigenvalue weighted by atomic mass is 16.6. The third-order valence-corrected chi connectivity index (χ3v) is 1.21. The van der Waals surface area contributed by atoms with Gasteiger partial charge in [-0.1, -0.05) is 0 Å². The first kappa shape index (κ1) is 12.6. The second-order valence-electron chi connectivity index (χ2n) is 3.80. The number of carbonyl (C=O) groups is 1. The van der Waals surface area contributed by atoms with Crippen LogP contribution in [0.25, 0.3) is 4.95 Å². The van der Waals surface area contributed by atoms with Gasteiger partial charge >= 0.3 is 6.09 Å². The fraction of sp³-hybridized carbons (Fsp3) is 0.778. The minimum atomic E-state index is -0.459. The molecule has 0 aromatic rings. The van der Waals surface area contributed by atoms with E-state index in [1.54, 1.807) is 0 Å². The lowest BCUT2D eigenvalue weighted by Gasteiger charge is -2.19. The van der Waals surface area contributed by atoms with E-state index in [9.17, 15) is 4.79 Å². The van der Waals surface area contributed by atoms with Crippen molar-refractivity contribution in [2.75, 3.05) is 13.1 Å². The zero-order chi connectivity index (χ0) is 11.0. The van der Waals surface area contributed by atoms with Gasteiger partial charge in [0, 0.05) is 6.54 Å². The van der Waals surface area contributed by atoms with Crippen LogP contribution >= 0.6 is 0 Å². The predicted molar refractivity (Wildman–Crippen MR) is 53.5 cm³/mol. The van der Waals surface area contributed by atoms with Crippen molar-refractivity contribution in [2.24, 2.45) is 0 Å². The lowest BCUT2D eigenvalue weighted by Crippen LogP contribution is -2.33. The highest BCUT2D eigenvalue weighted by Gasteiger charge is 2.15. The third-order valence-electron chi connectivity index (χ3n) is 1.21. The molecule has 5 nitrogen and oxygen atoms in total. The van der Waals surface area contributed by atoms with Crippen molar-refractivity contribution in [3.8, 4) is 0 Å². The van der Waals surface area contributed by atoms with Crippen LogP contribution < -0.4 is 10.7 Å². The Kier molecular flexibility index (Phi) is 5.46. The standard InChI is InChI=1S/C9H17N3O2/c1-9(2,3)14-8(13)11-6-5-7-12-10-4/h12H,5-7H2,1-3H3,(H,11,13). The number of carbonyl (C=O) groups excluding carboxylic acids is 1. The third kappa shape index (κ3) is 8.65. The molecule has 0 fully saturated rings. The van der Waals surface area contributed by atoms with Gasteiger partial charge in [0.25, 0.3) is 0 Å². The molecule has 0 rings (SSSR count). The molecule has 2 N–H and O–H groups in total. The molecular formula is C9H17N3O2. The lowest BCUT2D eigenvalue weighted by atomic mass is 10.2. The Bertz CT molecular complexity index is 215. The van der Waals surface area contributed by atoms with Gasteiger partial charge in [0.05, 0.1) is 6.54 Å². The van der Waals surface area contributed by atoms with Gasteiger partial charge in [0.15, 0.2) is 0 Å². The van der Waals surface area contributed by atoms with Crippen LogP contribution in [0.15, 0.2) is 0 Å². The summed E-state index contributed by atoms with van der Waals surface area (Å²) in [4.78, 5) is 14.0. The van der Waals surface area contributed by atoms with Gasteiger partial charge in [-0.2, -0.15) is 11.5 Å². The van der Waals surface area contributed by atoms with Crippen molar-refractivity contribution in [1.82, 2.24) is 10.7 Å². The SMILES string of the molecule is [C-]#[N+]NCCCNC(=O)OC(C)(C)C. The summed E-state index contributed by atoms with van der Waals surface area (Å²) in [5.41, 5.74) is 2.01. The van der Waals surface area contributed by atoms with Crippen molar-refractivity contribution in [3.63, 3.8) is 0 Å². The molecular weight excluding hydrogens is 182 g/mol. The van der Waals surface area contributed by atoms with Crippen LogP contribution in [0.2, 0.25) is 0 Å².